The number of thioether (sulfide) groups is 1. The molecule has 2 rings (SSSR count). The van der Waals surface area contributed by atoms with Crippen molar-refractivity contribution in [3.8, 4) is 0 Å². The number of likely N-dealkylation sites (N-methyl/N-ethyl adjacent to an activating group) is 1. The van der Waals surface area contributed by atoms with E-state index in [0.29, 0.717) is 5.92 Å². The monoisotopic (exact) mass is 307 g/mol. The predicted octanol–water partition coefficient (Wildman–Crippen LogP) is 3.33. The summed E-state index contributed by atoms with van der Waals surface area (Å²) in [5, 5.41) is 3.42. The molecule has 1 unspecified atom stereocenters. The highest BCUT2D eigenvalue weighted by Crippen LogP contribution is 2.43. The van der Waals surface area contributed by atoms with Crippen LogP contribution in [-0.2, 0) is 9.53 Å². The van der Waals surface area contributed by atoms with Crippen LogP contribution in [0.1, 0.15) is 30.9 Å². The number of methoxy groups -OCH3 is 1. The molecule has 21 heavy (non-hydrogen) atoms. The Hall–Kier alpha value is -1.00. The fourth-order valence-corrected chi connectivity index (χ4v) is 4.14. The summed E-state index contributed by atoms with van der Waals surface area (Å²) in [4.78, 5) is 13.6. The highest BCUT2D eigenvalue weighted by molar-refractivity contribution is 7.99. The van der Waals surface area contributed by atoms with E-state index in [2.05, 4.69) is 37.4 Å². The lowest BCUT2D eigenvalue weighted by molar-refractivity contribution is -0.148. The first-order valence-electron chi connectivity index (χ1n) is 7.57. The number of carbonyl (C=O) groups excluding carboxylic acids is 1. The highest BCUT2D eigenvalue weighted by atomic mass is 32.2. The minimum atomic E-state index is -0.537. The van der Waals surface area contributed by atoms with Gasteiger partial charge in [-0.15, -0.1) is 11.8 Å². The molecule has 1 aliphatic carbocycles. The van der Waals surface area contributed by atoms with Crippen molar-refractivity contribution in [1.82, 2.24) is 5.32 Å². The molecule has 0 amide bonds. The molecular formula is C17H25NO2S. The molecule has 1 fully saturated rings. The second kappa shape index (κ2) is 6.84. The van der Waals surface area contributed by atoms with E-state index in [-0.39, 0.29) is 5.97 Å². The summed E-state index contributed by atoms with van der Waals surface area (Å²) in [5.74, 6) is 1.01. The van der Waals surface area contributed by atoms with E-state index in [1.54, 1.807) is 11.8 Å². The number of benzene rings is 1. The lowest BCUT2D eigenvalue weighted by Crippen LogP contribution is -2.56. The van der Waals surface area contributed by atoms with Crippen LogP contribution >= 0.6 is 11.8 Å². The summed E-state index contributed by atoms with van der Waals surface area (Å²) in [6, 6.07) is 6.46. The third-order valence-corrected chi connectivity index (χ3v) is 5.47. The minimum absolute atomic E-state index is 0.121. The number of nitrogens with one attached hydrogen (secondary N) is 1. The molecule has 0 bridgehead atoms. The Kier molecular flexibility index (Phi) is 5.33. The van der Waals surface area contributed by atoms with Crippen molar-refractivity contribution < 1.29 is 9.53 Å². The van der Waals surface area contributed by atoms with Crippen molar-refractivity contribution in [2.75, 3.05) is 19.4 Å². The van der Waals surface area contributed by atoms with E-state index in [4.69, 9.17) is 4.74 Å². The van der Waals surface area contributed by atoms with Gasteiger partial charge in [0.2, 0.25) is 0 Å². The Balaban J connectivity index is 2.18. The van der Waals surface area contributed by atoms with Crippen molar-refractivity contribution in [2.45, 2.75) is 44.0 Å². The van der Waals surface area contributed by atoms with Gasteiger partial charge in [0.05, 0.1) is 7.11 Å². The average Bonchev–Trinajstić information content (AvgIpc) is 3.31. The number of aryl methyl sites for hydroxylation is 2. The molecule has 0 spiro atoms. The SMILES string of the molecule is CCNC(CSc1cc(C)ccc1C)(C(=O)OC)C1CC1. The Bertz CT molecular complexity index is 514. The first-order chi connectivity index (χ1) is 10.0. The van der Waals surface area contributed by atoms with Crippen LogP contribution < -0.4 is 5.32 Å². The molecule has 0 aromatic heterocycles. The van der Waals surface area contributed by atoms with Crippen molar-refractivity contribution >= 4 is 17.7 Å². The first kappa shape index (κ1) is 16.4. The minimum Gasteiger partial charge on any atom is -0.468 e. The van der Waals surface area contributed by atoms with E-state index in [9.17, 15) is 4.79 Å². The number of esters is 1. The lowest BCUT2D eigenvalue weighted by atomic mass is 9.95. The van der Waals surface area contributed by atoms with Crippen molar-refractivity contribution in [3.63, 3.8) is 0 Å². The smallest absolute Gasteiger partial charge is 0.327 e. The zero-order chi connectivity index (χ0) is 15.5. The third kappa shape index (κ3) is 3.61. The van der Waals surface area contributed by atoms with Crippen molar-refractivity contribution in [3.05, 3.63) is 29.3 Å². The van der Waals surface area contributed by atoms with E-state index in [0.717, 1.165) is 25.1 Å². The third-order valence-electron chi connectivity index (χ3n) is 4.12. The van der Waals surface area contributed by atoms with Crippen molar-refractivity contribution in [1.29, 1.82) is 0 Å². The maximum absolute atomic E-state index is 12.4. The van der Waals surface area contributed by atoms with Crippen LogP contribution in [0.25, 0.3) is 0 Å². The van der Waals surface area contributed by atoms with Gasteiger partial charge in [-0.3, -0.25) is 4.79 Å². The van der Waals surface area contributed by atoms with Crippen LogP contribution in [0.3, 0.4) is 0 Å². The number of carbonyl (C=O) groups is 1. The standard InChI is InChI=1S/C17H25NO2S/c1-5-18-17(14-8-9-14,16(19)20-4)11-21-15-10-12(2)6-7-13(15)3/h6-7,10,14,18H,5,8-9,11H2,1-4H3. The quantitative estimate of drug-likeness (QED) is 0.619. The van der Waals surface area contributed by atoms with Crippen LogP contribution in [0.5, 0.6) is 0 Å². The Labute approximate surface area is 131 Å². The van der Waals surface area contributed by atoms with Crippen LogP contribution in [0, 0.1) is 19.8 Å². The number of hydrogen-bond donors (Lipinski definition) is 1. The molecule has 1 aromatic rings. The summed E-state index contributed by atoms with van der Waals surface area (Å²) in [6.45, 7) is 7.04. The Morgan fingerprint density at radius 1 is 1.43 bits per heavy atom. The molecular weight excluding hydrogens is 282 g/mol. The summed E-state index contributed by atoms with van der Waals surface area (Å²) < 4.78 is 5.10. The van der Waals surface area contributed by atoms with Crippen molar-refractivity contribution in [2.24, 2.45) is 5.92 Å². The molecule has 1 saturated carbocycles. The molecule has 1 aliphatic rings. The van der Waals surface area contributed by atoms with Gasteiger partial charge in [0.1, 0.15) is 5.54 Å². The van der Waals surface area contributed by atoms with Gasteiger partial charge in [0, 0.05) is 10.6 Å². The summed E-state index contributed by atoms with van der Waals surface area (Å²) in [7, 11) is 1.49. The number of rotatable bonds is 7. The maximum atomic E-state index is 12.4. The molecule has 0 radical (unpaired) electrons. The zero-order valence-electron chi connectivity index (χ0n) is 13.4. The first-order valence-corrected chi connectivity index (χ1v) is 8.55. The van der Waals surface area contributed by atoms with E-state index >= 15 is 0 Å². The predicted molar refractivity (Wildman–Crippen MR) is 87.8 cm³/mol. The Morgan fingerprint density at radius 3 is 2.71 bits per heavy atom. The van der Waals surface area contributed by atoms with Gasteiger partial charge in [-0.05, 0) is 50.8 Å². The van der Waals surface area contributed by atoms with Crippen LogP contribution in [0.2, 0.25) is 0 Å². The highest BCUT2D eigenvalue weighted by Gasteiger charge is 2.51. The number of ether oxygens (including phenoxy) is 1. The van der Waals surface area contributed by atoms with Crippen LogP contribution in [-0.4, -0.2) is 30.9 Å². The van der Waals surface area contributed by atoms with E-state index < -0.39 is 5.54 Å². The van der Waals surface area contributed by atoms with Crippen LogP contribution in [0.4, 0.5) is 0 Å². The zero-order valence-corrected chi connectivity index (χ0v) is 14.2. The van der Waals surface area contributed by atoms with E-state index in [1.807, 2.05) is 6.92 Å². The molecule has 1 atom stereocenters. The van der Waals surface area contributed by atoms with Gasteiger partial charge in [0.15, 0.2) is 0 Å². The molecule has 1 N–H and O–H groups in total. The van der Waals surface area contributed by atoms with Gasteiger partial charge in [-0.2, -0.15) is 0 Å². The lowest BCUT2D eigenvalue weighted by Gasteiger charge is -2.32. The molecule has 0 heterocycles. The normalized spacial score (nSPS) is 17.3. The summed E-state index contributed by atoms with van der Waals surface area (Å²) in [5.41, 5.74) is 1.97. The maximum Gasteiger partial charge on any atom is 0.327 e. The van der Waals surface area contributed by atoms with Gasteiger partial charge in [-0.25, -0.2) is 0 Å². The largest absolute Gasteiger partial charge is 0.468 e. The van der Waals surface area contributed by atoms with Gasteiger partial charge < -0.3 is 10.1 Å². The Morgan fingerprint density at radius 2 is 2.14 bits per heavy atom. The van der Waals surface area contributed by atoms with E-state index in [1.165, 1.54) is 23.1 Å². The van der Waals surface area contributed by atoms with Crippen LogP contribution in [0.15, 0.2) is 23.1 Å². The topological polar surface area (TPSA) is 38.3 Å². The molecule has 1 aromatic carbocycles. The molecule has 116 valence electrons. The fourth-order valence-electron chi connectivity index (χ4n) is 2.74. The second-order valence-corrected chi connectivity index (χ2v) is 6.84. The summed E-state index contributed by atoms with van der Waals surface area (Å²) >= 11 is 1.76. The average molecular weight is 307 g/mol. The second-order valence-electron chi connectivity index (χ2n) is 5.83. The van der Waals surface area contributed by atoms with Gasteiger partial charge in [-0.1, -0.05) is 24.6 Å². The molecule has 0 saturated heterocycles. The fraction of sp³-hybridized carbons (Fsp3) is 0.588. The molecule has 0 aliphatic heterocycles. The summed E-state index contributed by atoms with van der Waals surface area (Å²) in [6.07, 6.45) is 2.21. The van der Waals surface area contributed by atoms with Gasteiger partial charge in [0.25, 0.3) is 0 Å². The van der Waals surface area contributed by atoms with Gasteiger partial charge >= 0.3 is 5.97 Å². The number of hydrogen-bond acceptors (Lipinski definition) is 4. The molecule has 3 nitrogen and oxygen atoms in total. The molecule has 4 heteroatoms.